The van der Waals surface area contributed by atoms with Crippen molar-refractivity contribution >= 4 is 34.8 Å². The Hall–Kier alpha value is -1.75. The molecule has 2 rings (SSSR count). The minimum absolute atomic E-state index is 0.0344. The summed E-state index contributed by atoms with van der Waals surface area (Å²) in [5.41, 5.74) is 1.49. The van der Waals surface area contributed by atoms with E-state index in [0.29, 0.717) is 10.7 Å². The van der Waals surface area contributed by atoms with Gasteiger partial charge in [-0.25, -0.2) is 0 Å². The van der Waals surface area contributed by atoms with Crippen molar-refractivity contribution in [3.05, 3.63) is 23.2 Å². The lowest BCUT2D eigenvalue weighted by molar-refractivity contribution is -0.130. The van der Waals surface area contributed by atoms with Gasteiger partial charge in [0.25, 0.3) is 0 Å². The van der Waals surface area contributed by atoms with Crippen molar-refractivity contribution in [1.29, 1.82) is 0 Å². The molecular weight excluding hydrogens is 302 g/mol. The standard InChI is InChI=1S/C16H22ClN3O2/c1-10(18-16(22)11-5-4-6-11)15(21)19-13-9-12(17)7-8-14(13)20(2)3/h7-11H,4-6H2,1-3H3,(H,18,22)(H,19,21)/t10-/m0/s1. The van der Waals surface area contributed by atoms with Crippen LogP contribution in [-0.2, 0) is 9.59 Å². The van der Waals surface area contributed by atoms with Crippen LogP contribution in [0.1, 0.15) is 26.2 Å². The lowest BCUT2D eigenvalue weighted by Crippen LogP contribution is -2.45. The summed E-state index contributed by atoms with van der Waals surface area (Å²) in [7, 11) is 3.78. The van der Waals surface area contributed by atoms with E-state index >= 15 is 0 Å². The van der Waals surface area contributed by atoms with E-state index in [0.717, 1.165) is 24.9 Å². The maximum Gasteiger partial charge on any atom is 0.246 e. The highest BCUT2D eigenvalue weighted by Crippen LogP contribution is 2.28. The number of amides is 2. The van der Waals surface area contributed by atoms with Gasteiger partial charge >= 0.3 is 0 Å². The molecule has 22 heavy (non-hydrogen) atoms. The molecule has 1 aromatic carbocycles. The molecule has 0 aromatic heterocycles. The smallest absolute Gasteiger partial charge is 0.246 e. The van der Waals surface area contributed by atoms with Gasteiger partial charge in [-0.3, -0.25) is 9.59 Å². The molecule has 0 aliphatic heterocycles. The first-order valence-electron chi connectivity index (χ1n) is 7.46. The van der Waals surface area contributed by atoms with Crippen LogP contribution < -0.4 is 15.5 Å². The zero-order valence-electron chi connectivity index (χ0n) is 13.1. The predicted molar refractivity (Wildman–Crippen MR) is 89.4 cm³/mol. The molecule has 120 valence electrons. The minimum Gasteiger partial charge on any atom is -0.376 e. The molecule has 1 fully saturated rings. The quantitative estimate of drug-likeness (QED) is 0.875. The fraction of sp³-hybridized carbons (Fsp3) is 0.500. The Morgan fingerprint density at radius 1 is 1.32 bits per heavy atom. The first kappa shape index (κ1) is 16.6. The van der Waals surface area contributed by atoms with E-state index in [1.54, 1.807) is 19.1 Å². The zero-order valence-corrected chi connectivity index (χ0v) is 13.9. The van der Waals surface area contributed by atoms with Crippen molar-refractivity contribution in [3.63, 3.8) is 0 Å². The number of nitrogens with zero attached hydrogens (tertiary/aromatic N) is 1. The molecule has 5 nitrogen and oxygen atoms in total. The molecule has 0 bridgehead atoms. The fourth-order valence-corrected chi connectivity index (χ4v) is 2.48. The Balaban J connectivity index is 2.01. The number of rotatable bonds is 5. The van der Waals surface area contributed by atoms with E-state index in [9.17, 15) is 9.59 Å². The first-order valence-corrected chi connectivity index (χ1v) is 7.84. The fourth-order valence-electron chi connectivity index (χ4n) is 2.31. The maximum absolute atomic E-state index is 12.3. The predicted octanol–water partition coefficient (Wildman–Crippen LogP) is 2.65. The summed E-state index contributed by atoms with van der Waals surface area (Å²) >= 11 is 6.00. The van der Waals surface area contributed by atoms with Crippen LogP contribution in [0, 0.1) is 5.92 Å². The highest BCUT2D eigenvalue weighted by molar-refractivity contribution is 6.31. The summed E-state index contributed by atoms with van der Waals surface area (Å²) in [6.07, 6.45) is 2.92. The number of carbonyl (C=O) groups is 2. The molecule has 6 heteroatoms. The zero-order chi connectivity index (χ0) is 16.3. The molecule has 0 heterocycles. The second-order valence-electron chi connectivity index (χ2n) is 5.90. The number of hydrogen-bond acceptors (Lipinski definition) is 3. The van der Waals surface area contributed by atoms with Crippen LogP contribution in [0.2, 0.25) is 5.02 Å². The molecule has 1 saturated carbocycles. The Labute approximate surface area is 136 Å². The lowest BCUT2D eigenvalue weighted by Gasteiger charge is -2.26. The van der Waals surface area contributed by atoms with E-state index in [1.165, 1.54) is 0 Å². The van der Waals surface area contributed by atoms with Crippen LogP contribution in [-0.4, -0.2) is 32.0 Å². The van der Waals surface area contributed by atoms with Crippen LogP contribution >= 0.6 is 11.6 Å². The average Bonchev–Trinajstić information content (AvgIpc) is 2.35. The van der Waals surface area contributed by atoms with Gasteiger partial charge in [0.05, 0.1) is 11.4 Å². The summed E-state index contributed by atoms with van der Waals surface area (Å²) in [6, 6.07) is 4.74. The highest BCUT2D eigenvalue weighted by atomic mass is 35.5. The number of carbonyl (C=O) groups excluding carboxylic acids is 2. The van der Waals surface area contributed by atoms with E-state index in [1.807, 2.05) is 25.1 Å². The molecule has 0 saturated heterocycles. The third-order valence-corrected chi connectivity index (χ3v) is 4.16. The number of hydrogen-bond donors (Lipinski definition) is 2. The van der Waals surface area contributed by atoms with Gasteiger partial charge in [0.2, 0.25) is 11.8 Å². The van der Waals surface area contributed by atoms with Gasteiger partial charge < -0.3 is 15.5 Å². The summed E-state index contributed by atoms with van der Waals surface area (Å²) in [6.45, 7) is 1.69. The molecule has 0 unspecified atom stereocenters. The molecule has 1 aliphatic carbocycles. The number of anilines is 2. The van der Waals surface area contributed by atoms with Gasteiger partial charge in [-0.1, -0.05) is 18.0 Å². The monoisotopic (exact) mass is 323 g/mol. The van der Waals surface area contributed by atoms with Crippen LogP contribution in [0.15, 0.2) is 18.2 Å². The Morgan fingerprint density at radius 2 is 2.00 bits per heavy atom. The summed E-state index contributed by atoms with van der Waals surface area (Å²) in [5, 5.41) is 6.15. The molecule has 2 N–H and O–H groups in total. The number of nitrogens with one attached hydrogen (secondary N) is 2. The summed E-state index contributed by atoms with van der Waals surface area (Å²) in [4.78, 5) is 26.1. The van der Waals surface area contributed by atoms with E-state index in [-0.39, 0.29) is 17.7 Å². The van der Waals surface area contributed by atoms with Crippen LogP contribution in [0.25, 0.3) is 0 Å². The van der Waals surface area contributed by atoms with E-state index in [2.05, 4.69) is 10.6 Å². The van der Waals surface area contributed by atoms with E-state index < -0.39 is 6.04 Å². The lowest BCUT2D eigenvalue weighted by atomic mass is 9.84. The third kappa shape index (κ3) is 3.91. The van der Waals surface area contributed by atoms with Crippen LogP contribution in [0.5, 0.6) is 0 Å². The van der Waals surface area contributed by atoms with E-state index in [4.69, 9.17) is 11.6 Å². The molecule has 0 spiro atoms. The van der Waals surface area contributed by atoms with Crippen molar-refractivity contribution in [1.82, 2.24) is 5.32 Å². The van der Waals surface area contributed by atoms with Gasteiger partial charge in [-0.15, -0.1) is 0 Å². The van der Waals surface area contributed by atoms with Gasteiger partial charge in [-0.05, 0) is 38.0 Å². The maximum atomic E-state index is 12.3. The SMILES string of the molecule is C[C@H](NC(=O)C1CCC1)C(=O)Nc1cc(Cl)ccc1N(C)C. The van der Waals surface area contributed by atoms with Crippen molar-refractivity contribution in [3.8, 4) is 0 Å². The molecule has 1 atom stereocenters. The Kier molecular flexibility index (Phi) is 5.29. The van der Waals surface area contributed by atoms with Gasteiger partial charge in [-0.2, -0.15) is 0 Å². The molecular formula is C16H22ClN3O2. The molecule has 2 amide bonds. The summed E-state index contributed by atoms with van der Waals surface area (Å²) < 4.78 is 0. The van der Waals surface area contributed by atoms with Gasteiger partial charge in [0.15, 0.2) is 0 Å². The first-order chi connectivity index (χ1) is 10.4. The minimum atomic E-state index is -0.581. The highest BCUT2D eigenvalue weighted by Gasteiger charge is 2.27. The van der Waals surface area contributed by atoms with Crippen molar-refractivity contribution < 1.29 is 9.59 Å². The Morgan fingerprint density at radius 3 is 2.55 bits per heavy atom. The third-order valence-electron chi connectivity index (χ3n) is 3.93. The molecule has 1 aliphatic rings. The number of benzene rings is 1. The van der Waals surface area contributed by atoms with Crippen molar-refractivity contribution in [2.75, 3.05) is 24.3 Å². The average molecular weight is 324 g/mol. The van der Waals surface area contributed by atoms with Crippen molar-refractivity contribution in [2.24, 2.45) is 5.92 Å². The molecule has 1 aromatic rings. The second-order valence-corrected chi connectivity index (χ2v) is 6.34. The number of halogens is 1. The van der Waals surface area contributed by atoms with Gasteiger partial charge in [0, 0.05) is 25.0 Å². The normalized spacial score (nSPS) is 15.6. The molecule has 0 radical (unpaired) electrons. The van der Waals surface area contributed by atoms with Crippen LogP contribution in [0.3, 0.4) is 0 Å². The van der Waals surface area contributed by atoms with Crippen molar-refractivity contribution in [2.45, 2.75) is 32.2 Å². The summed E-state index contributed by atoms with van der Waals surface area (Å²) in [5.74, 6) is -0.218. The van der Waals surface area contributed by atoms with Gasteiger partial charge in [0.1, 0.15) is 6.04 Å². The Bertz CT molecular complexity index is 571. The largest absolute Gasteiger partial charge is 0.376 e. The van der Waals surface area contributed by atoms with Crippen LogP contribution in [0.4, 0.5) is 11.4 Å². The topological polar surface area (TPSA) is 61.4 Å². The second kappa shape index (κ2) is 7.01.